The monoisotopic (exact) mass is 499 g/mol. The lowest BCUT2D eigenvalue weighted by Gasteiger charge is -2.40. The number of aliphatic carboxylic acids is 1. The quantitative estimate of drug-likeness (QED) is 0.396. The lowest BCUT2D eigenvalue weighted by molar-refractivity contribution is -0.141. The first-order chi connectivity index (χ1) is 16.5. The van der Waals surface area contributed by atoms with Crippen LogP contribution in [-0.2, 0) is 19.8 Å². The van der Waals surface area contributed by atoms with E-state index in [-0.39, 0.29) is 23.3 Å². The molecule has 1 rings (SSSR count). The summed E-state index contributed by atoms with van der Waals surface area (Å²) in [6.07, 6.45) is 3.36. The van der Waals surface area contributed by atoms with E-state index in [0.717, 1.165) is 11.1 Å². The molecule has 200 valence electrons. The number of nitrogens with one attached hydrogen (secondary N) is 2. The second kappa shape index (κ2) is 12.3. The summed E-state index contributed by atoms with van der Waals surface area (Å²) in [5.74, 6) is -1.61. The normalized spacial score (nSPS) is 15.1. The molecule has 0 saturated carbocycles. The summed E-state index contributed by atoms with van der Waals surface area (Å²) >= 11 is 0. The average molecular weight is 500 g/mol. The molecule has 2 amide bonds. The maximum atomic E-state index is 13.7. The van der Waals surface area contributed by atoms with Crippen LogP contribution < -0.4 is 10.6 Å². The molecule has 1 aromatic carbocycles. The molecule has 0 spiro atoms. The molecule has 36 heavy (non-hydrogen) atoms. The van der Waals surface area contributed by atoms with E-state index in [1.165, 1.54) is 6.92 Å². The maximum absolute atomic E-state index is 13.7. The number of carbonyl (C=O) groups excluding carboxylic acids is 2. The number of benzene rings is 1. The Labute approximate surface area is 217 Å². The van der Waals surface area contributed by atoms with Gasteiger partial charge in [-0.15, -0.1) is 0 Å². The number of amides is 2. The van der Waals surface area contributed by atoms with Gasteiger partial charge in [-0.2, -0.15) is 0 Å². The van der Waals surface area contributed by atoms with E-state index < -0.39 is 34.9 Å². The van der Waals surface area contributed by atoms with Crippen LogP contribution in [0.1, 0.15) is 66.5 Å². The van der Waals surface area contributed by atoms with Crippen molar-refractivity contribution >= 4 is 23.9 Å². The highest BCUT2D eigenvalue weighted by molar-refractivity contribution is 5.91. The van der Waals surface area contributed by atoms with Crippen LogP contribution in [-0.4, -0.2) is 60.0 Å². The van der Waals surface area contributed by atoms with Crippen molar-refractivity contribution < 1.29 is 19.5 Å². The van der Waals surface area contributed by atoms with Gasteiger partial charge in [-0.1, -0.05) is 91.5 Å². The minimum Gasteiger partial charge on any atom is -0.478 e. The largest absolute Gasteiger partial charge is 0.478 e. The minimum atomic E-state index is -1.03. The number of carboxylic acid groups (broad SMARTS) is 1. The molecule has 0 aliphatic carbocycles. The number of carbonyl (C=O) groups is 3. The van der Waals surface area contributed by atoms with E-state index in [4.69, 9.17) is 0 Å². The van der Waals surface area contributed by atoms with Crippen molar-refractivity contribution in [2.75, 3.05) is 14.1 Å². The maximum Gasteiger partial charge on any atom is 0.331 e. The summed E-state index contributed by atoms with van der Waals surface area (Å²) in [4.78, 5) is 40.3. The molecule has 7 nitrogen and oxygen atoms in total. The summed E-state index contributed by atoms with van der Waals surface area (Å²) in [5, 5.41) is 15.5. The fourth-order valence-corrected chi connectivity index (χ4v) is 4.36. The van der Waals surface area contributed by atoms with Crippen LogP contribution in [0.3, 0.4) is 0 Å². The molecular weight excluding hydrogens is 454 g/mol. The molecule has 1 aromatic rings. The number of likely N-dealkylation sites (N-methyl/N-ethyl adjacent to an activating group) is 2. The van der Waals surface area contributed by atoms with Gasteiger partial charge in [0, 0.05) is 18.0 Å². The van der Waals surface area contributed by atoms with E-state index in [0.29, 0.717) is 0 Å². The molecular formula is C29H45N3O4. The highest BCUT2D eigenvalue weighted by Gasteiger charge is 2.41. The van der Waals surface area contributed by atoms with Gasteiger partial charge in [0.25, 0.3) is 0 Å². The van der Waals surface area contributed by atoms with E-state index in [1.54, 1.807) is 31.1 Å². The number of hydrogen-bond acceptors (Lipinski definition) is 4. The Morgan fingerprint density at radius 2 is 1.67 bits per heavy atom. The first-order valence-electron chi connectivity index (χ1n) is 12.4. The number of carboxylic acids is 1. The van der Waals surface area contributed by atoms with Crippen LogP contribution >= 0.6 is 0 Å². The van der Waals surface area contributed by atoms with Crippen molar-refractivity contribution in [2.24, 2.45) is 11.3 Å². The fraction of sp³-hybridized carbons (Fsp3) is 0.552. The zero-order valence-electron chi connectivity index (χ0n) is 23.6. The molecule has 0 radical (unpaired) electrons. The molecule has 0 heterocycles. The molecule has 0 bridgehead atoms. The molecule has 0 aliphatic heterocycles. The van der Waals surface area contributed by atoms with Crippen LogP contribution in [0.2, 0.25) is 0 Å². The summed E-state index contributed by atoms with van der Waals surface area (Å²) in [6, 6.07) is 6.01. The predicted molar refractivity (Wildman–Crippen MR) is 147 cm³/mol. The average Bonchev–Trinajstić information content (AvgIpc) is 2.79. The topological polar surface area (TPSA) is 98.7 Å². The summed E-state index contributed by atoms with van der Waals surface area (Å²) < 4.78 is 0. The summed E-state index contributed by atoms with van der Waals surface area (Å²) in [5.41, 5.74) is 0.934. The lowest BCUT2D eigenvalue weighted by atomic mass is 9.76. The van der Waals surface area contributed by atoms with E-state index in [1.807, 2.05) is 72.7 Å². The number of rotatable bonds is 11. The van der Waals surface area contributed by atoms with Crippen molar-refractivity contribution in [1.82, 2.24) is 15.5 Å². The highest BCUT2D eigenvalue weighted by Crippen LogP contribution is 2.30. The van der Waals surface area contributed by atoms with E-state index in [9.17, 15) is 19.5 Å². The SMILES string of the molecule is C=Cc1cccc(C(C)(C)[C@H](NC)C(=O)N[C@H](C(=O)N(C)[C@H](/C=C(\C)C(=O)O)C(C)C)C(C)(C)C)c1. The van der Waals surface area contributed by atoms with Crippen LogP contribution in [0.5, 0.6) is 0 Å². The van der Waals surface area contributed by atoms with Gasteiger partial charge in [-0.05, 0) is 36.4 Å². The smallest absolute Gasteiger partial charge is 0.331 e. The standard InChI is InChI=1S/C29H45N3O4/c1-12-20-14-13-15-21(17-20)29(8,9)23(30-10)25(33)31-24(28(5,6)7)26(34)32(11)22(18(2)3)16-19(4)27(35)36/h12-18,22-24,30H,1H2,2-11H3,(H,31,33)(H,35,36)/b19-16+/t22-,23-,24-/m1/s1. The van der Waals surface area contributed by atoms with Gasteiger partial charge in [-0.3, -0.25) is 9.59 Å². The molecule has 3 N–H and O–H groups in total. The zero-order chi connectivity index (χ0) is 28.0. The molecule has 3 atom stereocenters. The van der Waals surface area contributed by atoms with Crippen molar-refractivity contribution in [3.63, 3.8) is 0 Å². The van der Waals surface area contributed by atoms with Crippen LogP contribution in [0.25, 0.3) is 6.08 Å². The van der Waals surface area contributed by atoms with E-state index >= 15 is 0 Å². The Morgan fingerprint density at radius 3 is 2.11 bits per heavy atom. The van der Waals surface area contributed by atoms with Gasteiger partial charge in [-0.25, -0.2) is 4.79 Å². The third-order valence-corrected chi connectivity index (χ3v) is 6.77. The van der Waals surface area contributed by atoms with Gasteiger partial charge >= 0.3 is 5.97 Å². The Bertz CT molecular complexity index is 988. The third kappa shape index (κ3) is 7.53. The zero-order valence-corrected chi connectivity index (χ0v) is 23.6. The Balaban J connectivity index is 3.34. The molecule has 0 saturated heterocycles. The Kier molecular flexibility index (Phi) is 10.7. The first-order valence-corrected chi connectivity index (χ1v) is 12.4. The minimum absolute atomic E-state index is 0.0225. The fourth-order valence-electron chi connectivity index (χ4n) is 4.36. The van der Waals surface area contributed by atoms with Crippen LogP contribution in [0.4, 0.5) is 0 Å². The van der Waals surface area contributed by atoms with Crippen LogP contribution in [0, 0.1) is 11.3 Å². The van der Waals surface area contributed by atoms with Gasteiger partial charge in [0.1, 0.15) is 6.04 Å². The van der Waals surface area contributed by atoms with Crippen molar-refractivity contribution in [2.45, 2.75) is 78.9 Å². The molecule has 0 fully saturated rings. The second-order valence-corrected chi connectivity index (χ2v) is 11.4. The molecule has 7 heteroatoms. The summed E-state index contributed by atoms with van der Waals surface area (Å²) in [7, 11) is 3.39. The first kappa shape index (κ1) is 31.1. The Hall–Kier alpha value is -2.93. The van der Waals surface area contributed by atoms with Crippen molar-refractivity contribution in [1.29, 1.82) is 0 Å². The number of hydrogen-bond donors (Lipinski definition) is 3. The van der Waals surface area contributed by atoms with Crippen LogP contribution in [0.15, 0.2) is 42.5 Å². The van der Waals surface area contributed by atoms with Crippen molar-refractivity contribution in [3.8, 4) is 0 Å². The Morgan fingerprint density at radius 1 is 1.08 bits per heavy atom. The molecule has 0 aliphatic rings. The van der Waals surface area contributed by atoms with Gasteiger partial charge in [0.15, 0.2) is 0 Å². The second-order valence-electron chi connectivity index (χ2n) is 11.4. The van der Waals surface area contributed by atoms with Gasteiger partial charge in [0.05, 0.1) is 12.1 Å². The van der Waals surface area contributed by atoms with Crippen molar-refractivity contribution in [3.05, 3.63) is 53.6 Å². The predicted octanol–water partition coefficient (Wildman–Crippen LogP) is 4.24. The molecule has 0 unspecified atom stereocenters. The van der Waals surface area contributed by atoms with Gasteiger partial charge < -0.3 is 20.6 Å². The van der Waals surface area contributed by atoms with E-state index in [2.05, 4.69) is 17.2 Å². The third-order valence-electron chi connectivity index (χ3n) is 6.77. The number of nitrogens with zero attached hydrogens (tertiary/aromatic N) is 1. The van der Waals surface area contributed by atoms with Gasteiger partial charge in [0.2, 0.25) is 11.8 Å². The molecule has 0 aromatic heterocycles. The summed E-state index contributed by atoms with van der Waals surface area (Å²) in [6.45, 7) is 18.9. The highest BCUT2D eigenvalue weighted by atomic mass is 16.4. The lowest BCUT2D eigenvalue weighted by Crippen LogP contribution is -2.61.